The van der Waals surface area contributed by atoms with Crippen LogP contribution in [-0.4, -0.2) is 49.0 Å². The zero-order chi connectivity index (χ0) is 28.3. The van der Waals surface area contributed by atoms with Crippen LogP contribution in [0.25, 0.3) is 10.8 Å². The molecule has 0 spiro atoms. The van der Waals surface area contributed by atoms with Gasteiger partial charge in [0.2, 0.25) is 5.54 Å². The first-order valence-electron chi connectivity index (χ1n) is 12.6. The summed E-state index contributed by atoms with van der Waals surface area (Å²) in [6.45, 7) is 5.10. The third-order valence-electron chi connectivity index (χ3n) is 6.54. The van der Waals surface area contributed by atoms with Gasteiger partial charge in [0.25, 0.3) is 0 Å². The number of esters is 2. The largest absolute Gasteiger partial charge is 0.509 e. The van der Waals surface area contributed by atoms with Crippen molar-refractivity contribution in [3.05, 3.63) is 83.9 Å². The van der Waals surface area contributed by atoms with E-state index in [0.717, 1.165) is 16.3 Å². The molecular weight excluding hydrogens is 500 g/mol. The molecule has 0 radical (unpaired) electrons. The molecule has 1 aliphatic heterocycles. The topological polar surface area (TPSA) is 113 Å². The number of methoxy groups -OCH3 is 2. The number of carbonyl (C=O) groups is 3. The van der Waals surface area contributed by atoms with Crippen molar-refractivity contribution >= 4 is 28.9 Å². The fourth-order valence-corrected chi connectivity index (χ4v) is 4.83. The van der Waals surface area contributed by atoms with E-state index < -0.39 is 40.9 Å². The van der Waals surface area contributed by atoms with Crippen LogP contribution in [0.4, 0.5) is 4.79 Å². The molecule has 0 amide bonds. The highest BCUT2D eigenvalue weighted by Gasteiger charge is 2.63. The van der Waals surface area contributed by atoms with Gasteiger partial charge in [-0.3, -0.25) is 0 Å². The van der Waals surface area contributed by atoms with Crippen LogP contribution >= 0.6 is 0 Å². The maximum atomic E-state index is 13.6. The van der Waals surface area contributed by atoms with E-state index in [1.54, 1.807) is 32.9 Å². The van der Waals surface area contributed by atoms with Crippen molar-refractivity contribution in [3.8, 4) is 0 Å². The molecule has 0 bridgehead atoms. The Morgan fingerprint density at radius 3 is 2.13 bits per heavy atom. The van der Waals surface area contributed by atoms with Gasteiger partial charge >= 0.3 is 18.1 Å². The number of hydrogen-bond donors (Lipinski definition) is 0. The molecule has 0 aromatic heterocycles. The third-order valence-corrected chi connectivity index (χ3v) is 6.54. The Labute approximate surface area is 227 Å². The number of fused-ring (bicyclic) bond motifs is 1. The molecule has 1 aliphatic rings. The molecular formula is C30H32N2O7. The van der Waals surface area contributed by atoms with Crippen LogP contribution in [0, 0.1) is 0 Å². The molecule has 1 heterocycles. The fraction of sp³-hybridized carbons (Fsp3) is 0.367. The average molecular weight is 533 g/mol. The molecule has 204 valence electrons. The number of rotatable bonds is 7. The van der Waals surface area contributed by atoms with Crippen LogP contribution in [0.1, 0.15) is 44.4 Å². The summed E-state index contributed by atoms with van der Waals surface area (Å²) in [7, 11) is 2.46. The van der Waals surface area contributed by atoms with Gasteiger partial charge in [-0.1, -0.05) is 66.7 Å². The second-order valence-corrected chi connectivity index (χ2v) is 10.5. The number of azo groups is 1. The molecule has 0 saturated carbocycles. The fourth-order valence-electron chi connectivity index (χ4n) is 4.83. The Balaban J connectivity index is 1.85. The quantitative estimate of drug-likeness (QED) is 0.281. The van der Waals surface area contributed by atoms with Crippen LogP contribution in [0.5, 0.6) is 0 Å². The van der Waals surface area contributed by atoms with Gasteiger partial charge in [-0.05, 0) is 48.7 Å². The molecule has 0 saturated heterocycles. The van der Waals surface area contributed by atoms with Gasteiger partial charge in [0.1, 0.15) is 5.60 Å². The first kappa shape index (κ1) is 27.8. The SMILES string of the molecule is COC(=O)[C@@]1(Cc2ccccc2)C[C@](C(=O)OC)([C@@H](OC(=O)OC(C)(C)C)c2ccc3ccccc3c2)N=N1. The summed E-state index contributed by atoms with van der Waals surface area (Å²) < 4.78 is 21.6. The van der Waals surface area contributed by atoms with Crippen LogP contribution in [-0.2, 0) is 35.0 Å². The number of ether oxygens (including phenoxy) is 4. The maximum Gasteiger partial charge on any atom is 0.509 e. The molecule has 39 heavy (non-hydrogen) atoms. The Hall–Kier alpha value is -4.27. The lowest BCUT2D eigenvalue weighted by Crippen LogP contribution is -2.50. The second-order valence-electron chi connectivity index (χ2n) is 10.5. The van der Waals surface area contributed by atoms with E-state index in [-0.39, 0.29) is 12.8 Å². The normalized spacial score (nSPS) is 21.3. The molecule has 0 fully saturated rings. The Morgan fingerprint density at radius 2 is 1.49 bits per heavy atom. The van der Waals surface area contributed by atoms with Crippen LogP contribution in [0.2, 0.25) is 0 Å². The molecule has 0 N–H and O–H groups in total. The van der Waals surface area contributed by atoms with Gasteiger partial charge < -0.3 is 18.9 Å². The first-order valence-corrected chi connectivity index (χ1v) is 12.6. The van der Waals surface area contributed by atoms with E-state index in [4.69, 9.17) is 18.9 Å². The summed E-state index contributed by atoms with van der Waals surface area (Å²) in [5, 5.41) is 10.5. The van der Waals surface area contributed by atoms with Gasteiger partial charge in [-0.25, -0.2) is 14.4 Å². The highest BCUT2D eigenvalue weighted by molar-refractivity contribution is 5.89. The molecule has 3 aromatic rings. The Kier molecular flexibility index (Phi) is 7.72. The number of benzene rings is 3. The van der Waals surface area contributed by atoms with E-state index >= 15 is 0 Å². The highest BCUT2D eigenvalue weighted by atomic mass is 16.7. The summed E-state index contributed by atoms with van der Waals surface area (Å²) in [4.78, 5) is 39.8. The lowest BCUT2D eigenvalue weighted by Gasteiger charge is -2.34. The molecule has 0 unspecified atom stereocenters. The van der Waals surface area contributed by atoms with Gasteiger partial charge in [-0.2, -0.15) is 10.2 Å². The zero-order valence-corrected chi connectivity index (χ0v) is 22.7. The molecule has 0 aliphatic carbocycles. The van der Waals surface area contributed by atoms with Crippen molar-refractivity contribution in [2.75, 3.05) is 14.2 Å². The molecule has 3 atom stereocenters. The van der Waals surface area contributed by atoms with E-state index in [2.05, 4.69) is 10.2 Å². The lowest BCUT2D eigenvalue weighted by molar-refractivity contribution is -0.155. The van der Waals surface area contributed by atoms with Crippen molar-refractivity contribution < 1.29 is 33.3 Å². The van der Waals surface area contributed by atoms with E-state index in [1.165, 1.54) is 14.2 Å². The monoisotopic (exact) mass is 532 g/mol. The summed E-state index contributed by atoms with van der Waals surface area (Å²) in [6, 6.07) is 22.2. The van der Waals surface area contributed by atoms with E-state index in [0.29, 0.717) is 5.56 Å². The predicted octanol–water partition coefficient (Wildman–Crippen LogP) is 5.75. The van der Waals surface area contributed by atoms with Crippen molar-refractivity contribution in [1.82, 2.24) is 0 Å². The highest BCUT2D eigenvalue weighted by Crippen LogP contribution is 2.48. The Morgan fingerprint density at radius 1 is 0.846 bits per heavy atom. The smallest absolute Gasteiger partial charge is 0.467 e. The number of nitrogens with zero attached hydrogens (tertiary/aromatic N) is 2. The molecule has 3 aromatic carbocycles. The summed E-state index contributed by atoms with van der Waals surface area (Å²) in [5.41, 5.74) is -3.06. The minimum atomic E-state index is -1.89. The predicted molar refractivity (Wildman–Crippen MR) is 143 cm³/mol. The minimum Gasteiger partial charge on any atom is -0.467 e. The second kappa shape index (κ2) is 10.8. The van der Waals surface area contributed by atoms with Gasteiger partial charge in [0.05, 0.1) is 14.2 Å². The van der Waals surface area contributed by atoms with Crippen LogP contribution < -0.4 is 0 Å². The van der Waals surface area contributed by atoms with E-state index in [9.17, 15) is 14.4 Å². The minimum absolute atomic E-state index is 0.111. The molecule has 9 nitrogen and oxygen atoms in total. The molecule has 4 rings (SSSR count). The zero-order valence-electron chi connectivity index (χ0n) is 22.7. The van der Waals surface area contributed by atoms with Crippen molar-refractivity contribution in [2.45, 2.75) is 56.4 Å². The van der Waals surface area contributed by atoms with Gasteiger partial charge in [0, 0.05) is 12.8 Å². The van der Waals surface area contributed by atoms with Crippen LogP contribution in [0.3, 0.4) is 0 Å². The Bertz CT molecular complexity index is 1400. The van der Waals surface area contributed by atoms with Crippen molar-refractivity contribution in [1.29, 1.82) is 0 Å². The van der Waals surface area contributed by atoms with Gasteiger partial charge in [-0.15, -0.1) is 0 Å². The maximum absolute atomic E-state index is 13.6. The van der Waals surface area contributed by atoms with Crippen molar-refractivity contribution in [3.63, 3.8) is 0 Å². The molecule has 9 heteroatoms. The lowest BCUT2D eigenvalue weighted by atomic mass is 9.76. The average Bonchev–Trinajstić information content (AvgIpc) is 3.31. The standard InChI is InChI=1S/C30H32N2O7/c1-28(2,3)39-27(35)38-24(23-16-15-21-13-9-10-14-22(21)17-23)30(26(34)37-5)19-29(31-32-30,25(33)36-4)18-20-11-7-6-8-12-20/h6-17,24H,18-19H2,1-5H3/t24-,29+,30+/m0/s1. The van der Waals surface area contributed by atoms with E-state index in [1.807, 2.05) is 60.7 Å². The summed E-state index contributed by atoms with van der Waals surface area (Å²) >= 11 is 0. The third kappa shape index (κ3) is 5.77. The van der Waals surface area contributed by atoms with Crippen LogP contribution in [0.15, 0.2) is 83.0 Å². The summed E-state index contributed by atoms with van der Waals surface area (Å²) in [6.07, 6.45) is -2.47. The van der Waals surface area contributed by atoms with Gasteiger partial charge in [0.15, 0.2) is 11.6 Å². The number of hydrogen-bond acceptors (Lipinski definition) is 9. The van der Waals surface area contributed by atoms with Crippen molar-refractivity contribution in [2.24, 2.45) is 10.2 Å². The summed E-state index contributed by atoms with van der Waals surface area (Å²) in [5.74, 6) is -1.48. The number of carbonyl (C=O) groups excluding carboxylic acids is 3. The first-order chi connectivity index (χ1) is 18.5.